The first-order valence-electron chi connectivity index (χ1n) is 3.17. The van der Waals surface area contributed by atoms with Gasteiger partial charge in [-0.25, -0.2) is 0 Å². The normalized spacial score (nSPS) is 24.7. The van der Waals surface area contributed by atoms with Crippen molar-refractivity contribution in [2.45, 2.75) is 13.3 Å². The van der Waals surface area contributed by atoms with E-state index in [-0.39, 0.29) is 11.5 Å². The molecule has 0 radical (unpaired) electrons. The third kappa shape index (κ3) is 1.20. The molecular formula is C7H8N2O. The highest BCUT2D eigenvalue weighted by molar-refractivity contribution is 6.42. The topological polar surface area (TPSA) is 53.5 Å². The molecule has 3 nitrogen and oxygen atoms in total. The number of carbonyl (C=O) groups excluding carboxylic acids is 1. The summed E-state index contributed by atoms with van der Waals surface area (Å²) in [4.78, 5) is 13.7. The Labute approximate surface area is 59.0 Å². The Bertz CT molecular complexity index is 236. The van der Waals surface area contributed by atoms with E-state index in [4.69, 9.17) is 5.53 Å². The molecule has 52 valence electrons. The molecule has 1 rings (SSSR count). The highest BCUT2D eigenvalue weighted by Crippen LogP contribution is 2.10. The molecule has 1 aliphatic carbocycles. The van der Waals surface area contributed by atoms with Crippen molar-refractivity contribution in [2.24, 2.45) is 5.92 Å². The summed E-state index contributed by atoms with van der Waals surface area (Å²) in [5, 5.41) is 0. The van der Waals surface area contributed by atoms with E-state index in [1.165, 1.54) is 6.08 Å². The van der Waals surface area contributed by atoms with E-state index in [2.05, 4.69) is 4.79 Å². The Kier molecular flexibility index (Phi) is 1.78. The van der Waals surface area contributed by atoms with Crippen LogP contribution in [0, 0.1) is 5.92 Å². The fourth-order valence-electron chi connectivity index (χ4n) is 0.912. The number of hydrogen-bond acceptors (Lipinski definition) is 1. The second kappa shape index (κ2) is 2.58. The molecule has 0 aliphatic heterocycles. The van der Waals surface area contributed by atoms with Gasteiger partial charge in [0, 0.05) is 0 Å². The Morgan fingerprint density at radius 3 is 3.00 bits per heavy atom. The van der Waals surface area contributed by atoms with Crippen LogP contribution < -0.4 is 0 Å². The van der Waals surface area contributed by atoms with Crippen LogP contribution in [-0.2, 0) is 4.79 Å². The van der Waals surface area contributed by atoms with Gasteiger partial charge in [0.25, 0.3) is 5.78 Å². The van der Waals surface area contributed by atoms with E-state index in [1.54, 1.807) is 0 Å². The highest BCUT2D eigenvalue weighted by Gasteiger charge is 2.23. The molecule has 0 saturated carbocycles. The maximum Gasteiger partial charge on any atom is 0.339 e. The van der Waals surface area contributed by atoms with Crippen molar-refractivity contribution in [2.75, 3.05) is 0 Å². The molecule has 0 amide bonds. The van der Waals surface area contributed by atoms with Crippen molar-refractivity contribution in [1.82, 2.24) is 0 Å². The number of hydrogen-bond donors (Lipinski definition) is 0. The van der Waals surface area contributed by atoms with Gasteiger partial charge in [-0.1, -0.05) is 13.0 Å². The van der Waals surface area contributed by atoms with Gasteiger partial charge in [0.1, 0.15) is 0 Å². The minimum Gasteiger partial charge on any atom is -0.361 e. The lowest BCUT2D eigenvalue weighted by Gasteiger charge is -2.04. The van der Waals surface area contributed by atoms with E-state index in [1.807, 2.05) is 13.0 Å². The summed E-state index contributed by atoms with van der Waals surface area (Å²) in [6.45, 7) is 1.97. The van der Waals surface area contributed by atoms with Gasteiger partial charge in [-0.15, -0.1) is 0 Å². The maximum atomic E-state index is 10.8. The maximum absolute atomic E-state index is 10.8. The zero-order valence-corrected chi connectivity index (χ0v) is 5.74. The predicted octanol–water partition coefficient (Wildman–Crippen LogP) is 0.822. The Balaban J connectivity index is 2.92. The molecule has 0 fully saturated rings. The van der Waals surface area contributed by atoms with E-state index in [0.29, 0.717) is 12.3 Å². The van der Waals surface area contributed by atoms with E-state index < -0.39 is 0 Å². The first-order valence-corrected chi connectivity index (χ1v) is 3.17. The van der Waals surface area contributed by atoms with Crippen molar-refractivity contribution in [3.05, 3.63) is 17.7 Å². The molecule has 10 heavy (non-hydrogen) atoms. The SMILES string of the molecule is CC1C=CC(=O)C(=[N+]=[N-])C1. The van der Waals surface area contributed by atoms with Gasteiger partial charge >= 0.3 is 5.71 Å². The summed E-state index contributed by atoms with van der Waals surface area (Å²) >= 11 is 0. The minimum absolute atomic E-state index is 0.180. The van der Waals surface area contributed by atoms with Crippen molar-refractivity contribution in [1.29, 1.82) is 0 Å². The lowest BCUT2D eigenvalue weighted by Crippen LogP contribution is -2.19. The number of allylic oxidation sites excluding steroid dienone is 2. The van der Waals surface area contributed by atoms with Gasteiger partial charge in [-0.05, 0) is 12.0 Å². The Morgan fingerprint density at radius 1 is 1.80 bits per heavy atom. The van der Waals surface area contributed by atoms with Crippen LogP contribution in [0.3, 0.4) is 0 Å². The third-order valence-electron chi connectivity index (χ3n) is 1.50. The van der Waals surface area contributed by atoms with Crippen LogP contribution in [0.1, 0.15) is 13.3 Å². The summed E-state index contributed by atoms with van der Waals surface area (Å²) in [6.07, 6.45) is 3.81. The summed E-state index contributed by atoms with van der Waals surface area (Å²) in [5.74, 6) is 0.129. The Morgan fingerprint density at radius 2 is 2.50 bits per heavy atom. The second-order valence-corrected chi connectivity index (χ2v) is 2.45. The summed E-state index contributed by atoms with van der Waals surface area (Å²) in [6, 6.07) is 0. The molecule has 1 atom stereocenters. The van der Waals surface area contributed by atoms with Crippen molar-refractivity contribution >= 4 is 11.5 Å². The van der Waals surface area contributed by atoms with Crippen LogP contribution in [0.2, 0.25) is 0 Å². The fourth-order valence-corrected chi connectivity index (χ4v) is 0.912. The fraction of sp³-hybridized carbons (Fsp3) is 0.429. The first-order chi connectivity index (χ1) is 4.74. The lowest BCUT2D eigenvalue weighted by atomic mass is 9.95. The zero-order chi connectivity index (χ0) is 7.56. The second-order valence-electron chi connectivity index (χ2n) is 2.45. The van der Waals surface area contributed by atoms with Crippen LogP contribution in [0.5, 0.6) is 0 Å². The standard InChI is InChI=1S/C7H8N2O/c1-5-2-3-7(10)6(4-5)9-8/h2-3,5H,4H2,1H3. The van der Waals surface area contributed by atoms with Crippen LogP contribution in [0.15, 0.2) is 12.2 Å². The molecular weight excluding hydrogens is 128 g/mol. The molecule has 0 saturated heterocycles. The van der Waals surface area contributed by atoms with Crippen molar-refractivity contribution < 1.29 is 9.58 Å². The van der Waals surface area contributed by atoms with Crippen molar-refractivity contribution in [3.63, 3.8) is 0 Å². The lowest BCUT2D eigenvalue weighted by molar-refractivity contribution is -0.113. The molecule has 0 spiro atoms. The first kappa shape index (κ1) is 6.90. The average Bonchev–Trinajstić information content (AvgIpc) is 1.94. The molecule has 0 aromatic heterocycles. The smallest absolute Gasteiger partial charge is 0.339 e. The molecule has 0 heterocycles. The molecule has 0 aromatic carbocycles. The van der Waals surface area contributed by atoms with Crippen LogP contribution >= 0.6 is 0 Å². The number of nitrogens with zero attached hydrogens (tertiary/aromatic N) is 2. The van der Waals surface area contributed by atoms with E-state index in [9.17, 15) is 4.79 Å². The molecule has 0 aromatic rings. The molecule has 1 aliphatic rings. The number of carbonyl (C=O) groups is 1. The predicted molar refractivity (Wildman–Crippen MR) is 36.6 cm³/mol. The highest BCUT2D eigenvalue weighted by atomic mass is 16.1. The average molecular weight is 136 g/mol. The number of rotatable bonds is 0. The minimum atomic E-state index is -0.180. The van der Waals surface area contributed by atoms with Gasteiger partial charge in [-0.3, -0.25) is 4.79 Å². The van der Waals surface area contributed by atoms with Gasteiger partial charge in [0.2, 0.25) is 0 Å². The van der Waals surface area contributed by atoms with Crippen molar-refractivity contribution in [3.8, 4) is 0 Å². The largest absolute Gasteiger partial charge is 0.361 e. The van der Waals surface area contributed by atoms with Crippen LogP contribution in [0.4, 0.5) is 0 Å². The quantitative estimate of drug-likeness (QED) is 0.359. The molecule has 3 heteroatoms. The summed E-state index contributed by atoms with van der Waals surface area (Å²) < 4.78 is 0. The number of ketones is 1. The zero-order valence-electron chi connectivity index (χ0n) is 5.74. The van der Waals surface area contributed by atoms with Crippen LogP contribution in [0.25, 0.3) is 5.53 Å². The van der Waals surface area contributed by atoms with Crippen LogP contribution in [-0.4, -0.2) is 16.3 Å². The van der Waals surface area contributed by atoms with Gasteiger partial charge in [0.05, 0.1) is 6.42 Å². The molecule has 1 unspecified atom stereocenters. The van der Waals surface area contributed by atoms with E-state index in [0.717, 1.165) is 0 Å². The van der Waals surface area contributed by atoms with Gasteiger partial charge in [-0.2, -0.15) is 4.79 Å². The molecule has 0 N–H and O–H groups in total. The van der Waals surface area contributed by atoms with Gasteiger partial charge < -0.3 is 5.53 Å². The van der Waals surface area contributed by atoms with E-state index >= 15 is 0 Å². The monoisotopic (exact) mass is 136 g/mol. The Hall–Kier alpha value is -1.21. The van der Waals surface area contributed by atoms with Gasteiger partial charge in [0.15, 0.2) is 0 Å². The molecule has 0 bridgehead atoms. The summed E-state index contributed by atoms with van der Waals surface area (Å²) in [7, 11) is 0. The third-order valence-corrected chi connectivity index (χ3v) is 1.50. The summed E-state index contributed by atoms with van der Waals surface area (Å²) in [5.41, 5.74) is 8.57.